The predicted molar refractivity (Wildman–Crippen MR) is 157 cm³/mol. The first-order valence-corrected chi connectivity index (χ1v) is 15.3. The summed E-state index contributed by atoms with van der Waals surface area (Å²) in [5, 5.41) is 4.44. The Hall–Kier alpha value is -2.69. The molecule has 0 spiro atoms. The average molecular weight is 479 g/mol. The van der Waals surface area contributed by atoms with Crippen LogP contribution < -0.4 is 15.9 Å². The van der Waals surface area contributed by atoms with E-state index in [-0.39, 0.29) is 10.8 Å². The minimum atomic E-state index is -2.32. The van der Waals surface area contributed by atoms with Crippen molar-refractivity contribution >= 4 is 23.2 Å². The second-order valence-electron chi connectivity index (χ2n) is 11.8. The van der Waals surface area contributed by atoms with E-state index in [0.717, 1.165) is 6.16 Å². The molecule has 4 aromatic carbocycles. The van der Waals surface area contributed by atoms with Gasteiger partial charge in [0, 0.05) is 0 Å². The Balaban J connectivity index is 1.78. The number of hydrogen-bond donors (Lipinski definition) is 0. The van der Waals surface area contributed by atoms with Crippen LogP contribution in [0.3, 0.4) is 0 Å². The molecule has 4 aromatic rings. The van der Waals surface area contributed by atoms with Gasteiger partial charge >= 0.3 is 213 Å². The zero-order valence-electron chi connectivity index (χ0n) is 21.9. The van der Waals surface area contributed by atoms with Crippen molar-refractivity contribution in [3.05, 3.63) is 125 Å². The van der Waals surface area contributed by atoms with Crippen LogP contribution in [0.25, 0.3) is 0 Å². The van der Waals surface area contributed by atoms with Crippen molar-refractivity contribution in [3.63, 3.8) is 0 Å². The Kier molecular flexibility index (Phi) is 6.23. The second-order valence-corrected chi connectivity index (χ2v) is 15.7. The van der Waals surface area contributed by atoms with Crippen LogP contribution in [0.4, 0.5) is 0 Å². The molecule has 0 radical (unpaired) electrons. The molecule has 0 saturated heterocycles. The standard InChI is InChI=1S/C34H39P/c1-26-23-31-32(34(4,5)22-21-33(31,2)3)24-27(26)25-35(28-15-9-6-10-16-28,29-17-11-7-12-18-29)30-19-13-8-14-20-30/h6-20,23-24,35H,21-22,25H2,1-5H3. The van der Waals surface area contributed by atoms with Crippen molar-refractivity contribution in [2.45, 2.75) is 64.5 Å². The number of hydrogen-bond acceptors (Lipinski definition) is 0. The maximum atomic E-state index is 2.60. The van der Waals surface area contributed by atoms with Gasteiger partial charge in [0.05, 0.1) is 0 Å². The van der Waals surface area contributed by atoms with Crippen LogP contribution in [0.15, 0.2) is 103 Å². The van der Waals surface area contributed by atoms with Gasteiger partial charge in [-0.3, -0.25) is 0 Å². The van der Waals surface area contributed by atoms with Gasteiger partial charge in [-0.25, -0.2) is 0 Å². The molecule has 0 aliphatic heterocycles. The summed E-state index contributed by atoms with van der Waals surface area (Å²) >= 11 is 0. The van der Waals surface area contributed by atoms with Crippen molar-refractivity contribution in [3.8, 4) is 0 Å². The van der Waals surface area contributed by atoms with Gasteiger partial charge in [-0.1, -0.05) is 0 Å². The van der Waals surface area contributed by atoms with Crippen LogP contribution >= 0.6 is 7.26 Å². The van der Waals surface area contributed by atoms with Gasteiger partial charge in [0.25, 0.3) is 0 Å². The van der Waals surface area contributed by atoms with E-state index in [4.69, 9.17) is 0 Å². The first kappa shape index (κ1) is 24.0. The average Bonchev–Trinajstić information content (AvgIpc) is 2.87. The second kappa shape index (κ2) is 9.07. The fourth-order valence-corrected chi connectivity index (χ4v) is 11.1. The molecule has 0 heterocycles. The molecule has 0 saturated carbocycles. The molecule has 0 aromatic heterocycles. The van der Waals surface area contributed by atoms with E-state index in [1.54, 1.807) is 11.1 Å². The monoisotopic (exact) mass is 478 g/mol. The molecule has 0 N–H and O–H groups in total. The van der Waals surface area contributed by atoms with Crippen molar-refractivity contribution in [2.75, 3.05) is 0 Å². The molecule has 1 heteroatoms. The van der Waals surface area contributed by atoms with Crippen molar-refractivity contribution < 1.29 is 0 Å². The summed E-state index contributed by atoms with van der Waals surface area (Å²) in [6.45, 7) is 12.1. The van der Waals surface area contributed by atoms with Crippen molar-refractivity contribution in [1.29, 1.82) is 0 Å². The van der Waals surface area contributed by atoms with Gasteiger partial charge in [0.1, 0.15) is 0 Å². The van der Waals surface area contributed by atoms with Gasteiger partial charge in [0.2, 0.25) is 0 Å². The van der Waals surface area contributed by atoms with Crippen molar-refractivity contribution in [1.82, 2.24) is 0 Å². The molecule has 35 heavy (non-hydrogen) atoms. The summed E-state index contributed by atoms with van der Waals surface area (Å²) in [6, 6.07) is 39.1. The third kappa shape index (κ3) is 4.28. The summed E-state index contributed by atoms with van der Waals surface area (Å²) in [4.78, 5) is 0. The predicted octanol–water partition coefficient (Wildman–Crippen LogP) is 7.57. The van der Waals surface area contributed by atoms with Gasteiger partial charge in [-0.2, -0.15) is 0 Å². The van der Waals surface area contributed by atoms with E-state index in [0.29, 0.717) is 0 Å². The van der Waals surface area contributed by atoms with E-state index >= 15 is 0 Å². The number of aryl methyl sites for hydroxylation is 1. The summed E-state index contributed by atoms with van der Waals surface area (Å²) in [5.74, 6) is 0. The molecular weight excluding hydrogens is 439 g/mol. The summed E-state index contributed by atoms with van der Waals surface area (Å²) < 4.78 is 0. The Morgan fingerprint density at radius 2 is 0.943 bits per heavy atom. The van der Waals surface area contributed by atoms with Crippen LogP contribution in [0.5, 0.6) is 0 Å². The fourth-order valence-electron chi connectivity index (χ4n) is 6.22. The molecule has 0 unspecified atom stereocenters. The molecule has 0 nitrogen and oxygen atoms in total. The molecule has 5 rings (SSSR count). The molecule has 0 bridgehead atoms. The summed E-state index contributed by atoms with van der Waals surface area (Å²) in [5.41, 5.74) is 6.52. The summed E-state index contributed by atoms with van der Waals surface area (Å²) in [6.07, 6.45) is 3.57. The Bertz CT molecular complexity index is 1200. The third-order valence-corrected chi connectivity index (χ3v) is 13.4. The molecule has 0 fully saturated rings. The van der Waals surface area contributed by atoms with Crippen LogP contribution in [0, 0.1) is 6.92 Å². The van der Waals surface area contributed by atoms with Gasteiger partial charge < -0.3 is 0 Å². The number of benzene rings is 4. The molecule has 1 aliphatic carbocycles. The molecule has 1 aliphatic rings. The maximum absolute atomic E-state index is 2.60. The van der Waals surface area contributed by atoms with E-state index in [1.165, 1.54) is 39.9 Å². The van der Waals surface area contributed by atoms with Crippen LogP contribution in [-0.2, 0) is 17.0 Å². The molecule has 180 valence electrons. The molecular formula is C34H39P. The van der Waals surface area contributed by atoms with Crippen LogP contribution in [0.1, 0.15) is 62.8 Å². The first-order chi connectivity index (χ1) is 16.7. The van der Waals surface area contributed by atoms with Crippen LogP contribution in [0.2, 0.25) is 0 Å². The zero-order valence-corrected chi connectivity index (χ0v) is 22.9. The topological polar surface area (TPSA) is 0 Å². The van der Waals surface area contributed by atoms with E-state index in [1.807, 2.05) is 0 Å². The summed E-state index contributed by atoms with van der Waals surface area (Å²) in [7, 11) is -2.32. The molecule has 0 amide bonds. The van der Waals surface area contributed by atoms with Gasteiger partial charge in [0.15, 0.2) is 0 Å². The first-order valence-electron chi connectivity index (χ1n) is 13.1. The SMILES string of the molecule is Cc1cc2c(cc1C[PH](c1ccccc1)(c1ccccc1)c1ccccc1)C(C)(C)CCC2(C)C. The normalized spacial score (nSPS) is 16.9. The number of fused-ring (bicyclic) bond motifs is 1. The number of rotatable bonds is 5. The van der Waals surface area contributed by atoms with E-state index < -0.39 is 7.26 Å². The van der Waals surface area contributed by atoms with Crippen molar-refractivity contribution in [2.24, 2.45) is 0 Å². The van der Waals surface area contributed by atoms with Crippen LogP contribution in [-0.4, -0.2) is 0 Å². The van der Waals surface area contributed by atoms with E-state index in [2.05, 4.69) is 138 Å². The Labute approximate surface area is 212 Å². The Morgan fingerprint density at radius 3 is 1.34 bits per heavy atom. The third-order valence-electron chi connectivity index (χ3n) is 8.56. The van der Waals surface area contributed by atoms with Gasteiger partial charge in [-0.15, -0.1) is 0 Å². The zero-order chi connectivity index (χ0) is 24.7. The van der Waals surface area contributed by atoms with Gasteiger partial charge in [-0.05, 0) is 0 Å². The molecule has 0 atom stereocenters. The minimum absolute atomic E-state index is 0.212. The quantitative estimate of drug-likeness (QED) is 0.260. The van der Waals surface area contributed by atoms with E-state index in [9.17, 15) is 0 Å². The fraction of sp³-hybridized carbons (Fsp3) is 0.294. The Morgan fingerprint density at radius 1 is 0.571 bits per heavy atom.